The van der Waals surface area contributed by atoms with Crippen molar-refractivity contribution < 1.29 is 22.7 Å². The Morgan fingerprint density at radius 2 is 1.86 bits per heavy atom. The van der Waals surface area contributed by atoms with Crippen molar-refractivity contribution in [2.75, 3.05) is 18.2 Å². The van der Waals surface area contributed by atoms with Crippen molar-refractivity contribution in [3.05, 3.63) is 53.3 Å². The van der Waals surface area contributed by atoms with Gasteiger partial charge in [-0.25, -0.2) is 13.2 Å². The Kier molecular flexibility index (Phi) is 4.02. The number of rotatable bonds is 3. The first-order valence-corrected chi connectivity index (χ1v) is 5.82. The van der Waals surface area contributed by atoms with E-state index in [1.165, 1.54) is 19.2 Å². The summed E-state index contributed by atoms with van der Waals surface area (Å²) in [4.78, 5) is 11.9. The van der Waals surface area contributed by atoms with Crippen molar-refractivity contribution in [3.63, 3.8) is 0 Å². The number of nitrogens with one attached hydrogen (secondary N) is 1. The molecule has 1 amide bonds. The molecule has 2 aromatic rings. The topological polar surface area (TPSA) is 64.3 Å². The minimum atomic E-state index is -1.71. The van der Waals surface area contributed by atoms with Gasteiger partial charge in [-0.3, -0.25) is 4.79 Å². The van der Waals surface area contributed by atoms with Gasteiger partial charge in [-0.2, -0.15) is 0 Å². The molecule has 0 bridgehead atoms. The van der Waals surface area contributed by atoms with Gasteiger partial charge in [0.2, 0.25) is 0 Å². The van der Waals surface area contributed by atoms with E-state index >= 15 is 0 Å². The lowest BCUT2D eigenvalue weighted by Gasteiger charge is -2.10. The van der Waals surface area contributed by atoms with Gasteiger partial charge in [0.1, 0.15) is 5.75 Å². The molecule has 2 aromatic carbocycles. The van der Waals surface area contributed by atoms with Crippen molar-refractivity contribution in [3.8, 4) is 5.75 Å². The summed E-state index contributed by atoms with van der Waals surface area (Å²) in [5, 5.41) is 2.32. The average Bonchev–Trinajstić information content (AvgIpc) is 2.47. The molecule has 0 fully saturated rings. The predicted molar refractivity (Wildman–Crippen MR) is 71.7 cm³/mol. The van der Waals surface area contributed by atoms with Crippen LogP contribution in [0.25, 0.3) is 0 Å². The first-order chi connectivity index (χ1) is 9.93. The molecule has 0 unspecified atom stereocenters. The first kappa shape index (κ1) is 14.7. The first-order valence-electron chi connectivity index (χ1n) is 5.82. The molecule has 0 aliphatic carbocycles. The summed E-state index contributed by atoms with van der Waals surface area (Å²) >= 11 is 0. The average molecular weight is 296 g/mol. The SMILES string of the molecule is COc1ccc(N)c(NC(=O)c2ccc(F)c(F)c2F)c1. The largest absolute Gasteiger partial charge is 0.497 e. The second kappa shape index (κ2) is 5.74. The van der Waals surface area contributed by atoms with Gasteiger partial charge in [-0.15, -0.1) is 0 Å². The van der Waals surface area contributed by atoms with Gasteiger partial charge in [-0.1, -0.05) is 0 Å². The number of hydrogen-bond acceptors (Lipinski definition) is 3. The number of methoxy groups -OCH3 is 1. The van der Waals surface area contributed by atoms with Gasteiger partial charge in [-0.05, 0) is 24.3 Å². The van der Waals surface area contributed by atoms with Crippen LogP contribution in [0.3, 0.4) is 0 Å². The normalized spacial score (nSPS) is 10.3. The quantitative estimate of drug-likeness (QED) is 0.676. The monoisotopic (exact) mass is 296 g/mol. The Morgan fingerprint density at radius 3 is 2.52 bits per heavy atom. The fraction of sp³-hybridized carbons (Fsp3) is 0.0714. The van der Waals surface area contributed by atoms with Gasteiger partial charge < -0.3 is 15.8 Å². The molecule has 110 valence electrons. The summed E-state index contributed by atoms with van der Waals surface area (Å²) in [6.07, 6.45) is 0. The van der Waals surface area contributed by atoms with Crippen LogP contribution in [0.2, 0.25) is 0 Å². The molecule has 0 aromatic heterocycles. The summed E-state index contributed by atoms with van der Waals surface area (Å²) in [7, 11) is 1.42. The van der Waals surface area contributed by atoms with E-state index in [2.05, 4.69) is 5.32 Å². The summed E-state index contributed by atoms with van der Waals surface area (Å²) in [6.45, 7) is 0. The minimum absolute atomic E-state index is 0.170. The van der Waals surface area contributed by atoms with E-state index in [4.69, 9.17) is 10.5 Å². The zero-order valence-corrected chi connectivity index (χ0v) is 10.9. The van der Waals surface area contributed by atoms with E-state index in [1.54, 1.807) is 6.07 Å². The van der Waals surface area contributed by atoms with Crippen molar-refractivity contribution in [2.24, 2.45) is 0 Å². The smallest absolute Gasteiger partial charge is 0.258 e. The maximum Gasteiger partial charge on any atom is 0.258 e. The number of ether oxygens (including phenoxy) is 1. The lowest BCUT2D eigenvalue weighted by molar-refractivity contribution is 0.102. The fourth-order valence-electron chi connectivity index (χ4n) is 1.66. The summed E-state index contributed by atoms with van der Waals surface area (Å²) in [5.41, 5.74) is 5.42. The molecule has 0 spiro atoms. The van der Waals surface area contributed by atoms with Crippen LogP contribution in [0.4, 0.5) is 24.5 Å². The van der Waals surface area contributed by atoms with Crippen molar-refractivity contribution in [2.45, 2.75) is 0 Å². The van der Waals surface area contributed by atoms with E-state index in [0.717, 1.165) is 6.07 Å². The molecule has 0 aliphatic heterocycles. The molecule has 7 heteroatoms. The molecular formula is C14H11F3N2O2. The molecule has 2 rings (SSSR count). The highest BCUT2D eigenvalue weighted by Crippen LogP contribution is 2.25. The third-order valence-corrected chi connectivity index (χ3v) is 2.79. The highest BCUT2D eigenvalue weighted by Gasteiger charge is 2.19. The molecule has 3 N–H and O–H groups in total. The second-order valence-electron chi connectivity index (χ2n) is 4.13. The summed E-state index contributed by atoms with van der Waals surface area (Å²) < 4.78 is 44.4. The van der Waals surface area contributed by atoms with Crippen LogP contribution in [-0.4, -0.2) is 13.0 Å². The standard InChI is InChI=1S/C14H11F3N2O2/c1-21-7-2-5-10(18)11(6-7)19-14(20)8-3-4-9(15)13(17)12(8)16/h2-6H,18H2,1H3,(H,19,20). The van der Waals surface area contributed by atoms with E-state index in [0.29, 0.717) is 11.8 Å². The second-order valence-corrected chi connectivity index (χ2v) is 4.13. The maximum absolute atomic E-state index is 13.5. The van der Waals surface area contributed by atoms with Gasteiger partial charge >= 0.3 is 0 Å². The van der Waals surface area contributed by atoms with Gasteiger partial charge in [0.15, 0.2) is 17.5 Å². The Morgan fingerprint density at radius 1 is 1.14 bits per heavy atom. The van der Waals surface area contributed by atoms with E-state index in [-0.39, 0.29) is 11.4 Å². The van der Waals surface area contributed by atoms with Crippen LogP contribution in [0, 0.1) is 17.5 Å². The molecular weight excluding hydrogens is 285 g/mol. The zero-order valence-electron chi connectivity index (χ0n) is 10.9. The Hall–Kier alpha value is -2.70. The van der Waals surface area contributed by atoms with Gasteiger partial charge in [0.05, 0.1) is 24.0 Å². The van der Waals surface area contributed by atoms with Crippen LogP contribution in [-0.2, 0) is 0 Å². The van der Waals surface area contributed by atoms with Crippen LogP contribution in [0.1, 0.15) is 10.4 Å². The molecule has 0 heterocycles. The number of halogens is 3. The van der Waals surface area contributed by atoms with Crippen LogP contribution < -0.4 is 15.8 Å². The number of carbonyl (C=O) groups is 1. The fourth-order valence-corrected chi connectivity index (χ4v) is 1.66. The van der Waals surface area contributed by atoms with E-state index < -0.39 is 28.9 Å². The molecule has 0 atom stereocenters. The van der Waals surface area contributed by atoms with Crippen molar-refractivity contribution >= 4 is 17.3 Å². The molecule has 0 saturated carbocycles. The predicted octanol–water partition coefficient (Wildman–Crippen LogP) is 2.95. The number of amides is 1. The van der Waals surface area contributed by atoms with Crippen LogP contribution in [0.5, 0.6) is 5.75 Å². The summed E-state index contributed by atoms with van der Waals surface area (Å²) in [5.74, 6) is -5.17. The number of benzene rings is 2. The maximum atomic E-state index is 13.5. The number of nitrogen functional groups attached to an aromatic ring is 1. The molecule has 0 radical (unpaired) electrons. The van der Waals surface area contributed by atoms with Gasteiger partial charge in [0, 0.05) is 6.07 Å². The number of carbonyl (C=O) groups excluding carboxylic acids is 1. The number of anilines is 2. The van der Waals surface area contributed by atoms with Crippen LogP contribution >= 0.6 is 0 Å². The third kappa shape index (κ3) is 2.91. The lowest BCUT2D eigenvalue weighted by atomic mass is 10.1. The molecule has 0 saturated heterocycles. The van der Waals surface area contributed by atoms with Crippen LogP contribution in [0.15, 0.2) is 30.3 Å². The van der Waals surface area contributed by atoms with Crippen molar-refractivity contribution in [1.82, 2.24) is 0 Å². The minimum Gasteiger partial charge on any atom is -0.497 e. The number of nitrogens with two attached hydrogens (primary N) is 1. The van der Waals surface area contributed by atoms with Crippen molar-refractivity contribution in [1.29, 1.82) is 0 Å². The van der Waals surface area contributed by atoms with Gasteiger partial charge in [0.25, 0.3) is 5.91 Å². The number of hydrogen-bond donors (Lipinski definition) is 2. The lowest BCUT2D eigenvalue weighted by Crippen LogP contribution is -2.16. The Balaban J connectivity index is 2.32. The Labute approximate surface area is 118 Å². The molecule has 0 aliphatic rings. The third-order valence-electron chi connectivity index (χ3n) is 2.79. The zero-order chi connectivity index (χ0) is 15.6. The Bertz CT molecular complexity index is 705. The van der Waals surface area contributed by atoms with E-state index in [1.807, 2.05) is 0 Å². The summed E-state index contributed by atoms with van der Waals surface area (Å²) in [6, 6.07) is 5.99. The van der Waals surface area contributed by atoms with E-state index in [9.17, 15) is 18.0 Å². The highest BCUT2D eigenvalue weighted by molar-refractivity contribution is 6.06. The molecule has 21 heavy (non-hydrogen) atoms. The molecule has 4 nitrogen and oxygen atoms in total. The highest BCUT2D eigenvalue weighted by atomic mass is 19.2.